The topological polar surface area (TPSA) is 69.4 Å². The van der Waals surface area contributed by atoms with Crippen molar-refractivity contribution in [2.75, 3.05) is 6.61 Å². The van der Waals surface area contributed by atoms with Crippen molar-refractivity contribution in [1.82, 2.24) is 0 Å². The lowest BCUT2D eigenvalue weighted by atomic mass is 10.1. The fourth-order valence-electron chi connectivity index (χ4n) is 1.34. The number of nitrogens with zero attached hydrogens (tertiary/aromatic N) is 1. The molecule has 0 unspecified atom stereocenters. The maximum absolute atomic E-state index is 11.4. The minimum atomic E-state index is -0.527. The van der Waals surface area contributed by atoms with E-state index in [0.29, 0.717) is 5.02 Å². The summed E-state index contributed by atoms with van der Waals surface area (Å²) in [5.41, 5.74) is 0.448. The van der Waals surface area contributed by atoms with Gasteiger partial charge in [-0.15, -0.1) is 0 Å². The van der Waals surface area contributed by atoms with Crippen LogP contribution in [0.5, 0.6) is 0 Å². The molecular formula is C12H12ClNO4. The third-order valence-electron chi connectivity index (χ3n) is 2.16. The summed E-state index contributed by atoms with van der Waals surface area (Å²) in [7, 11) is 0. The molecule has 0 heterocycles. The molecule has 0 N–H and O–H groups in total. The second-order valence-electron chi connectivity index (χ2n) is 3.51. The van der Waals surface area contributed by atoms with E-state index in [4.69, 9.17) is 16.3 Å². The fraction of sp³-hybridized carbons (Fsp3) is 0.250. The van der Waals surface area contributed by atoms with Crippen LogP contribution in [0.4, 0.5) is 5.69 Å². The Morgan fingerprint density at radius 3 is 2.78 bits per heavy atom. The lowest BCUT2D eigenvalue weighted by Crippen LogP contribution is -2.05. The Labute approximate surface area is 109 Å². The first-order valence-electron chi connectivity index (χ1n) is 5.25. The molecule has 6 heteroatoms. The molecule has 0 aliphatic heterocycles. The smallest absolute Gasteiger partial charge is 0.333 e. The van der Waals surface area contributed by atoms with E-state index in [1.165, 1.54) is 31.2 Å². The van der Waals surface area contributed by atoms with Crippen molar-refractivity contribution in [1.29, 1.82) is 0 Å². The van der Waals surface area contributed by atoms with E-state index in [1.54, 1.807) is 6.92 Å². The zero-order chi connectivity index (χ0) is 13.7. The fourth-order valence-corrected chi connectivity index (χ4v) is 1.52. The van der Waals surface area contributed by atoms with Crippen molar-refractivity contribution in [2.45, 2.75) is 13.8 Å². The molecule has 0 bridgehead atoms. The minimum absolute atomic E-state index is 0.108. The highest BCUT2D eigenvalue weighted by atomic mass is 35.5. The Balaban J connectivity index is 3.16. The van der Waals surface area contributed by atoms with Gasteiger partial charge in [0.15, 0.2) is 0 Å². The molecule has 1 aromatic rings. The third kappa shape index (κ3) is 3.56. The zero-order valence-electron chi connectivity index (χ0n) is 9.97. The van der Waals surface area contributed by atoms with Gasteiger partial charge in [0.25, 0.3) is 5.69 Å². The normalized spacial score (nSPS) is 11.2. The van der Waals surface area contributed by atoms with Gasteiger partial charge in [0, 0.05) is 16.7 Å². The molecule has 1 rings (SSSR count). The lowest BCUT2D eigenvalue weighted by Gasteiger charge is -2.03. The van der Waals surface area contributed by atoms with Crippen LogP contribution in [0.25, 0.3) is 6.08 Å². The average molecular weight is 270 g/mol. The van der Waals surface area contributed by atoms with Crippen molar-refractivity contribution in [3.05, 3.63) is 44.5 Å². The molecule has 0 radical (unpaired) electrons. The number of nitro groups is 1. The molecule has 0 aliphatic carbocycles. The standard InChI is InChI=1S/C12H12ClNO4/c1-3-18-12(15)8(2)6-9-7-10(13)4-5-11(9)14(16)17/h4-7H,3H2,1-2H3. The summed E-state index contributed by atoms with van der Waals surface area (Å²) in [6.07, 6.45) is 1.39. The van der Waals surface area contributed by atoms with Crippen LogP contribution in [-0.4, -0.2) is 17.5 Å². The number of hydrogen-bond acceptors (Lipinski definition) is 4. The van der Waals surface area contributed by atoms with Gasteiger partial charge in [-0.3, -0.25) is 10.1 Å². The summed E-state index contributed by atoms with van der Waals surface area (Å²) in [5, 5.41) is 11.2. The van der Waals surface area contributed by atoms with E-state index in [-0.39, 0.29) is 23.4 Å². The predicted octanol–water partition coefficient (Wildman–Crippen LogP) is 3.21. The average Bonchev–Trinajstić information content (AvgIpc) is 2.28. The number of carbonyl (C=O) groups excluding carboxylic acids is 1. The van der Waals surface area contributed by atoms with Crippen molar-refractivity contribution in [3.8, 4) is 0 Å². The van der Waals surface area contributed by atoms with Crippen LogP contribution in [0, 0.1) is 10.1 Å². The van der Waals surface area contributed by atoms with E-state index < -0.39 is 10.9 Å². The van der Waals surface area contributed by atoms with Crippen molar-refractivity contribution in [2.24, 2.45) is 0 Å². The second kappa shape index (κ2) is 6.16. The minimum Gasteiger partial charge on any atom is -0.463 e. The highest BCUT2D eigenvalue weighted by Crippen LogP contribution is 2.25. The molecule has 0 aliphatic rings. The number of nitro benzene ring substituents is 1. The molecule has 96 valence electrons. The molecule has 0 saturated carbocycles. The zero-order valence-corrected chi connectivity index (χ0v) is 10.7. The molecule has 0 atom stereocenters. The monoisotopic (exact) mass is 269 g/mol. The van der Waals surface area contributed by atoms with Gasteiger partial charge < -0.3 is 4.74 Å². The third-order valence-corrected chi connectivity index (χ3v) is 2.39. The largest absolute Gasteiger partial charge is 0.463 e. The van der Waals surface area contributed by atoms with Crippen LogP contribution in [0.1, 0.15) is 19.4 Å². The summed E-state index contributed by atoms with van der Waals surface area (Å²) in [5.74, 6) is -0.508. The predicted molar refractivity (Wildman–Crippen MR) is 68.4 cm³/mol. The summed E-state index contributed by atoms with van der Waals surface area (Å²) >= 11 is 5.78. The molecule has 5 nitrogen and oxygen atoms in total. The van der Waals surface area contributed by atoms with Gasteiger partial charge in [-0.1, -0.05) is 11.6 Å². The molecular weight excluding hydrogens is 258 g/mol. The van der Waals surface area contributed by atoms with Crippen molar-refractivity contribution >= 4 is 29.3 Å². The highest BCUT2D eigenvalue weighted by molar-refractivity contribution is 6.30. The number of esters is 1. The van der Waals surface area contributed by atoms with Crippen molar-refractivity contribution in [3.63, 3.8) is 0 Å². The highest BCUT2D eigenvalue weighted by Gasteiger charge is 2.14. The van der Waals surface area contributed by atoms with Crippen LogP contribution >= 0.6 is 11.6 Å². The molecule has 0 amide bonds. The number of hydrogen-bond donors (Lipinski definition) is 0. The van der Waals surface area contributed by atoms with E-state index in [1.807, 2.05) is 0 Å². The molecule has 0 saturated heterocycles. The van der Waals surface area contributed by atoms with Gasteiger partial charge in [0.05, 0.1) is 17.1 Å². The first-order chi connectivity index (χ1) is 8.45. The summed E-state index contributed by atoms with van der Waals surface area (Å²) in [6, 6.07) is 4.16. The molecule has 0 aromatic heterocycles. The van der Waals surface area contributed by atoms with Crippen LogP contribution in [0.3, 0.4) is 0 Å². The molecule has 0 fully saturated rings. The summed E-state index contributed by atoms with van der Waals surface area (Å²) in [4.78, 5) is 21.7. The Morgan fingerprint density at radius 1 is 1.56 bits per heavy atom. The number of carbonyl (C=O) groups is 1. The maximum atomic E-state index is 11.4. The van der Waals surface area contributed by atoms with Gasteiger partial charge in [-0.25, -0.2) is 4.79 Å². The molecule has 1 aromatic carbocycles. The van der Waals surface area contributed by atoms with Gasteiger partial charge >= 0.3 is 5.97 Å². The first kappa shape index (κ1) is 14.2. The summed E-state index contributed by atoms with van der Waals surface area (Å²) in [6.45, 7) is 3.47. The van der Waals surface area contributed by atoms with E-state index in [0.717, 1.165) is 0 Å². The first-order valence-corrected chi connectivity index (χ1v) is 5.63. The van der Waals surface area contributed by atoms with E-state index in [2.05, 4.69) is 0 Å². The van der Waals surface area contributed by atoms with Gasteiger partial charge in [0.1, 0.15) is 0 Å². The Bertz CT molecular complexity index is 511. The van der Waals surface area contributed by atoms with Gasteiger partial charge in [0.2, 0.25) is 0 Å². The van der Waals surface area contributed by atoms with Gasteiger partial charge in [-0.05, 0) is 32.1 Å². The summed E-state index contributed by atoms with van der Waals surface area (Å²) < 4.78 is 4.80. The Kier molecular flexibility index (Phi) is 4.85. The number of ether oxygens (including phenoxy) is 1. The Hall–Kier alpha value is -1.88. The SMILES string of the molecule is CCOC(=O)C(C)=Cc1cc(Cl)ccc1[N+](=O)[O-]. The molecule has 0 spiro atoms. The van der Waals surface area contributed by atoms with Crippen LogP contribution in [0.15, 0.2) is 23.8 Å². The van der Waals surface area contributed by atoms with Crippen LogP contribution in [-0.2, 0) is 9.53 Å². The van der Waals surface area contributed by atoms with Crippen LogP contribution in [0.2, 0.25) is 5.02 Å². The Morgan fingerprint density at radius 2 is 2.22 bits per heavy atom. The van der Waals surface area contributed by atoms with Gasteiger partial charge in [-0.2, -0.15) is 0 Å². The molecule has 18 heavy (non-hydrogen) atoms. The quantitative estimate of drug-likeness (QED) is 0.364. The van der Waals surface area contributed by atoms with E-state index in [9.17, 15) is 14.9 Å². The second-order valence-corrected chi connectivity index (χ2v) is 3.94. The maximum Gasteiger partial charge on any atom is 0.333 e. The number of rotatable bonds is 4. The lowest BCUT2D eigenvalue weighted by molar-refractivity contribution is -0.385. The van der Waals surface area contributed by atoms with E-state index >= 15 is 0 Å². The van der Waals surface area contributed by atoms with Crippen molar-refractivity contribution < 1.29 is 14.5 Å². The number of halogens is 1. The number of benzene rings is 1. The van der Waals surface area contributed by atoms with Crippen LogP contribution < -0.4 is 0 Å².